The summed E-state index contributed by atoms with van der Waals surface area (Å²) < 4.78 is 18.4. The Morgan fingerprint density at radius 2 is 1.57 bits per heavy atom. The van der Waals surface area contributed by atoms with E-state index in [1.54, 1.807) is 21.3 Å². The Morgan fingerprint density at radius 3 is 2.17 bits per heavy atom. The quantitative estimate of drug-likeness (QED) is 0.330. The topological polar surface area (TPSA) is 87.5 Å². The minimum Gasteiger partial charge on any atom is -0.493 e. The number of hydrogen-bond acceptors (Lipinski definition) is 7. The Balaban J connectivity index is 1.71. The number of methoxy groups -OCH3 is 3. The maximum Gasteiger partial charge on any atom is 0.234 e. The molecule has 0 radical (unpaired) electrons. The summed E-state index contributed by atoms with van der Waals surface area (Å²) in [5.41, 5.74) is 3.48. The van der Waals surface area contributed by atoms with Gasteiger partial charge < -0.3 is 19.5 Å². The van der Waals surface area contributed by atoms with Crippen molar-refractivity contribution in [2.24, 2.45) is 0 Å². The third kappa shape index (κ3) is 5.41. The Hall–Kier alpha value is -3.98. The van der Waals surface area contributed by atoms with Crippen molar-refractivity contribution in [2.45, 2.75) is 12.1 Å². The summed E-state index contributed by atoms with van der Waals surface area (Å²) in [7, 11) is 4.70. The molecule has 1 N–H and O–H groups in total. The Bertz CT molecular complexity index is 1280. The minimum absolute atomic E-state index is 0.131. The lowest BCUT2D eigenvalue weighted by Crippen LogP contribution is -2.14. The molecule has 3 aromatic carbocycles. The van der Waals surface area contributed by atoms with Gasteiger partial charge in [0.25, 0.3) is 0 Å². The molecule has 0 saturated heterocycles. The molecular formula is C26H26N4O4S. The fourth-order valence-corrected chi connectivity index (χ4v) is 4.29. The average molecular weight is 491 g/mol. The number of nitrogens with one attached hydrogen (secondary N) is 1. The largest absolute Gasteiger partial charge is 0.493 e. The third-order valence-corrected chi connectivity index (χ3v) is 6.17. The molecule has 0 spiro atoms. The zero-order valence-electron chi connectivity index (χ0n) is 19.9. The first-order valence-corrected chi connectivity index (χ1v) is 11.8. The summed E-state index contributed by atoms with van der Waals surface area (Å²) in [6, 6.07) is 21.0. The number of thioether (sulfide) groups is 1. The van der Waals surface area contributed by atoms with Crippen LogP contribution in [0.4, 0.5) is 5.69 Å². The van der Waals surface area contributed by atoms with Crippen molar-refractivity contribution in [1.82, 2.24) is 14.8 Å². The van der Waals surface area contributed by atoms with Crippen LogP contribution in [0.1, 0.15) is 5.56 Å². The van der Waals surface area contributed by atoms with Gasteiger partial charge >= 0.3 is 0 Å². The van der Waals surface area contributed by atoms with Gasteiger partial charge in [-0.15, -0.1) is 10.2 Å². The molecule has 0 saturated carbocycles. The highest BCUT2D eigenvalue weighted by atomic mass is 32.2. The van der Waals surface area contributed by atoms with E-state index in [0.717, 1.165) is 22.5 Å². The van der Waals surface area contributed by atoms with Gasteiger partial charge in [-0.2, -0.15) is 0 Å². The van der Waals surface area contributed by atoms with Gasteiger partial charge in [-0.1, -0.05) is 47.7 Å². The lowest BCUT2D eigenvalue weighted by atomic mass is 10.1. The van der Waals surface area contributed by atoms with Crippen LogP contribution in [0.5, 0.6) is 17.2 Å². The maximum absolute atomic E-state index is 12.6. The van der Waals surface area contributed by atoms with Gasteiger partial charge in [-0.05, 0) is 43.3 Å². The van der Waals surface area contributed by atoms with E-state index in [1.807, 2.05) is 78.2 Å². The molecule has 0 atom stereocenters. The minimum atomic E-state index is -0.131. The molecule has 180 valence electrons. The van der Waals surface area contributed by atoms with Crippen molar-refractivity contribution in [3.8, 4) is 34.3 Å². The van der Waals surface area contributed by atoms with Crippen LogP contribution in [0, 0.1) is 6.92 Å². The van der Waals surface area contributed by atoms with Crippen molar-refractivity contribution >= 4 is 23.4 Å². The van der Waals surface area contributed by atoms with Crippen molar-refractivity contribution in [3.63, 3.8) is 0 Å². The predicted octanol–water partition coefficient (Wildman–Crippen LogP) is 5.00. The average Bonchev–Trinajstić information content (AvgIpc) is 3.31. The maximum atomic E-state index is 12.6. The van der Waals surface area contributed by atoms with Crippen LogP contribution < -0.4 is 19.5 Å². The number of aryl methyl sites for hydroxylation is 1. The molecule has 35 heavy (non-hydrogen) atoms. The monoisotopic (exact) mass is 490 g/mol. The molecule has 4 aromatic rings. The van der Waals surface area contributed by atoms with E-state index in [-0.39, 0.29) is 11.7 Å². The SMILES string of the molecule is COc1cc(-c2nnc(SCC(=O)Nc3ccccc3)n2-c2ccc(C)cc2)cc(OC)c1OC. The smallest absolute Gasteiger partial charge is 0.234 e. The molecule has 1 heterocycles. The molecule has 1 amide bonds. The molecule has 0 aliphatic rings. The molecular weight excluding hydrogens is 464 g/mol. The highest BCUT2D eigenvalue weighted by Gasteiger charge is 2.21. The second-order valence-corrected chi connectivity index (χ2v) is 8.54. The summed E-state index contributed by atoms with van der Waals surface area (Å²) >= 11 is 1.31. The molecule has 0 unspecified atom stereocenters. The van der Waals surface area contributed by atoms with Gasteiger partial charge in [-0.3, -0.25) is 9.36 Å². The van der Waals surface area contributed by atoms with Gasteiger partial charge in [0.15, 0.2) is 22.5 Å². The molecule has 9 heteroatoms. The van der Waals surface area contributed by atoms with Crippen LogP contribution in [-0.2, 0) is 4.79 Å². The van der Waals surface area contributed by atoms with Gasteiger partial charge in [-0.25, -0.2) is 0 Å². The number of carbonyl (C=O) groups excluding carboxylic acids is 1. The third-order valence-electron chi connectivity index (χ3n) is 5.24. The summed E-state index contributed by atoms with van der Waals surface area (Å²) in [5.74, 6) is 2.14. The fourth-order valence-electron chi connectivity index (χ4n) is 3.54. The first-order chi connectivity index (χ1) is 17.0. The van der Waals surface area contributed by atoms with Crippen LogP contribution in [-0.4, -0.2) is 47.8 Å². The number of ether oxygens (including phenoxy) is 3. The highest BCUT2D eigenvalue weighted by Crippen LogP contribution is 2.41. The number of rotatable bonds is 9. The Labute approximate surface area is 208 Å². The standard InChI is InChI=1S/C26H26N4O4S/c1-17-10-12-20(13-11-17)30-25(18-14-21(32-2)24(34-4)22(15-18)33-3)28-29-26(30)35-16-23(31)27-19-8-6-5-7-9-19/h5-15H,16H2,1-4H3,(H,27,31). The molecule has 4 rings (SSSR count). The van der Waals surface area contributed by atoms with Crippen LogP contribution >= 0.6 is 11.8 Å². The van der Waals surface area contributed by atoms with Crippen LogP contribution in [0.15, 0.2) is 71.9 Å². The zero-order chi connectivity index (χ0) is 24.8. The number of aromatic nitrogens is 3. The highest BCUT2D eigenvalue weighted by molar-refractivity contribution is 7.99. The van der Waals surface area contributed by atoms with E-state index >= 15 is 0 Å². The normalized spacial score (nSPS) is 10.6. The molecule has 0 aliphatic carbocycles. The molecule has 1 aromatic heterocycles. The molecule has 8 nitrogen and oxygen atoms in total. The molecule has 0 fully saturated rings. The summed E-state index contributed by atoms with van der Waals surface area (Å²) in [5, 5.41) is 12.3. The summed E-state index contributed by atoms with van der Waals surface area (Å²) in [6.07, 6.45) is 0. The second-order valence-electron chi connectivity index (χ2n) is 7.59. The Morgan fingerprint density at radius 1 is 0.914 bits per heavy atom. The number of anilines is 1. The van der Waals surface area contributed by atoms with E-state index < -0.39 is 0 Å². The van der Waals surface area contributed by atoms with Gasteiger partial charge in [0.2, 0.25) is 11.7 Å². The fraction of sp³-hybridized carbons (Fsp3) is 0.192. The van der Waals surface area contributed by atoms with Crippen LogP contribution in [0.3, 0.4) is 0 Å². The zero-order valence-corrected chi connectivity index (χ0v) is 20.8. The van der Waals surface area contributed by atoms with E-state index in [9.17, 15) is 4.79 Å². The first-order valence-electron chi connectivity index (χ1n) is 10.8. The van der Waals surface area contributed by atoms with Gasteiger partial charge in [0.1, 0.15) is 0 Å². The van der Waals surface area contributed by atoms with E-state index in [0.29, 0.717) is 28.2 Å². The van der Waals surface area contributed by atoms with Crippen LogP contribution in [0.2, 0.25) is 0 Å². The number of amides is 1. The summed E-state index contributed by atoms with van der Waals surface area (Å²) in [4.78, 5) is 12.6. The predicted molar refractivity (Wildman–Crippen MR) is 137 cm³/mol. The van der Waals surface area contributed by atoms with Crippen LogP contribution in [0.25, 0.3) is 17.1 Å². The number of benzene rings is 3. The van der Waals surface area contributed by atoms with Gasteiger partial charge in [0, 0.05) is 16.9 Å². The lowest BCUT2D eigenvalue weighted by molar-refractivity contribution is -0.113. The van der Waals surface area contributed by atoms with Crippen molar-refractivity contribution < 1.29 is 19.0 Å². The first kappa shape index (κ1) is 24.2. The number of para-hydroxylation sites is 1. The molecule has 0 bridgehead atoms. The van der Waals surface area contributed by atoms with Gasteiger partial charge in [0.05, 0.1) is 27.1 Å². The summed E-state index contributed by atoms with van der Waals surface area (Å²) in [6.45, 7) is 2.03. The molecule has 0 aliphatic heterocycles. The van der Waals surface area contributed by atoms with Crippen molar-refractivity contribution in [2.75, 3.05) is 32.4 Å². The number of carbonyl (C=O) groups is 1. The number of nitrogens with zero attached hydrogens (tertiary/aromatic N) is 3. The van der Waals surface area contributed by atoms with E-state index in [4.69, 9.17) is 14.2 Å². The van der Waals surface area contributed by atoms with Crippen molar-refractivity contribution in [1.29, 1.82) is 0 Å². The van der Waals surface area contributed by atoms with E-state index in [1.165, 1.54) is 11.8 Å². The van der Waals surface area contributed by atoms with Crippen molar-refractivity contribution in [3.05, 3.63) is 72.3 Å². The number of hydrogen-bond donors (Lipinski definition) is 1. The Kier molecular flexibility index (Phi) is 7.57. The second kappa shape index (κ2) is 11.0. The van der Waals surface area contributed by atoms with E-state index in [2.05, 4.69) is 15.5 Å². The lowest BCUT2D eigenvalue weighted by Gasteiger charge is -2.15.